The summed E-state index contributed by atoms with van der Waals surface area (Å²) in [6.45, 7) is 6.16. The minimum absolute atomic E-state index is 0.654. The molecule has 104 valence electrons. The third-order valence-electron chi connectivity index (χ3n) is 4.06. The van der Waals surface area contributed by atoms with Crippen molar-refractivity contribution in [3.8, 4) is 6.07 Å². The molecule has 0 amide bonds. The summed E-state index contributed by atoms with van der Waals surface area (Å²) in [5, 5.41) is 14.8. The number of rotatable bonds is 1. The molecule has 0 spiro atoms. The highest BCUT2D eigenvalue weighted by Gasteiger charge is 2.22. The van der Waals surface area contributed by atoms with Crippen molar-refractivity contribution in [1.82, 2.24) is 14.8 Å². The molecule has 5 nitrogen and oxygen atoms in total. The third-order valence-corrected chi connectivity index (χ3v) is 4.06. The molecule has 2 aromatic heterocycles. The molecule has 0 N–H and O–H groups in total. The first-order valence-corrected chi connectivity index (χ1v) is 7.09. The van der Waals surface area contributed by atoms with Gasteiger partial charge in [0.2, 0.25) is 0 Å². The SMILES string of the molecule is Cc1nn(C)c2nc(N3CCCC(C)C3)c(C#N)cc12. The Bertz CT molecular complexity index is 694. The van der Waals surface area contributed by atoms with Crippen LogP contribution in [0, 0.1) is 24.2 Å². The van der Waals surface area contributed by atoms with Crippen LogP contribution in [0.25, 0.3) is 11.0 Å². The molecule has 2 aromatic rings. The van der Waals surface area contributed by atoms with E-state index in [1.54, 1.807) is 4.68 Å². The van der Waals surface area contributed by atoms with Crippen molar-refractivity contribution in [2.75, 3.05) is 18.0 Å². The van der Waals surface area contributed by atoms with Crippen LogP contribution in [0.15, 0.2) is 6.07 Å². The maximum absolute atomic E-state index is 9.43. The van der Waals surface area contributed by atoms with Crippen LogP contribution in [-0.2, 0) is 7.05 Å². The van der Waals surface area contributed by atoms with E-state index in [0.29, 0.717) is 11.5 Å². The molecule has 5 heteroatoms. The number of piperidine rings is 1. The van der Waals surface area contributed by atoms with Gasteiger partial charge >= 0.3 is 0 Å². The van der Waals surface area contributed by atoms with Crippen molar-refractivity contribution in [1.29, 1.82) is 5.26 Å². The third kappa shape index (κ3) is 2.01. The standard InChI is InChI=1S/C15H19N5/c1-10-5-4-6-20(9-10)14-12(8-16)7-13-11(2)18-19(3)15(13)17-14/h7,10H,4-6,9H2,1-3H3. The van der Waals surface area contributed by atoms with Gasteiger partial charge in [-0.15, -0.1) is 0 Å². The van der Waals surface area contributed by atoms with Crippen molar-refractivity contribution in [2.45, 2.75) is 26.7 Å². The van der Waals surface area contributed by atoms with Gasteiger partial charge < -0.3 is 4.90 Å². The average Bonchev–Trinajstić information content (AvgIpc) is 2.72. The Balaban J connectivity index is 2.14. The predicted octanol–water partition coefficient (Wildman–Crippen LogP) is 2.38. The lowest BCUT2D eigenvalue weighted by atomic mass is 10.00. The largest absolute Gasteiger partial charge is 0.355 e. The molecule has 1 atom stereocenters. The fourth-order valence-electron chi connectivity index (χ4n) is 3.04. The summed E-state index contributed by atoms with van der Waals surface area (Å²) in [6.07, 6.45) is 2.42. The van der Waals surface area contributed by atoms with Gasteiger partial charge in [0.25, 0.3) is 0 Å². The van der Waals surface area contributed by atoms with E-state index >= 15 is 0 Å². The summed E-state index contributed by atoms with van der Waals surface area (Å²) in [6, 6.07) is 4.22. The summed E-state index contributed by atoms with van der Waals surface area (Å²) in [5.41, 5.74) is 2.43. The maximum atomic E-state index is 9.43. The molecule has 3 rings (SSSR count). The predicted molar refractivity (Wildman–Crippen MR) is 78.6 cm³/mol. The smallest absolute Gasteiger partial charge is 0.160 e. The van der Waals surface area contributed by atoms with Crippen molar-refractivity contribution >= 4 is 16.9 Å². The van der Waals surface area contributed by atoms with Gasteiger partial charge in [0.1, 0.15) is 11.9 Å². The first-order valence-electron chi connectivity index (χ1n) is 7.09. The fraction of sp³-hybridized carbons (Fsp3) is 0.533. The zero-order chi connectivity index (χ0) is 14.3. The van der Waals surface area contributed by atoms with E-state index in [1.807, 2.05) is 20.0 Å². The van der Waals surface area contributed by atoms with E-state index < -0.39 is 0 Å². The van der Waals surface area contributed by atoms with Crippen molar-refractivity contribution < 1.29 is 0 Å². The van der Waals surface area contributed by atoms with Crippen LogP contribution in [0.4, 0.5) is 5.82 Å². The van der Waals surface area contributed by atoms with E-state index in [9.17, 15) is 5.26 Å². The summed E-state index contributed by atoms with van der Waals surface area (Å²) in [7, 11) is 1.90. The lowest BCUT2D eigenvalue weighted by molar-refractivity contribution is 0.444. The number of hydrogen-bond donors (Lipinski definition) is 0. The lowest BCUT2D eigenvalue weighted by Gasteiger charge is -2.32. The number of aryl methyl sites for hydroxylation is 2. The molecular formula is C15H19N5. The first-order chi connectivity index (χ1) is 9.60. The number of fused-ring (bicyclic) bond motifs is 1. The Morgan fingerprint density at radius 2 is 2.25 bits per heavy atom. The molecule has 1 saturated heterocycles. The fourth-order valence-corrected chi connectivity index (χ4v) is 3.04. The minimum Gasteiger partial charge on any atom is -0.355 e. The highest BCUT2D eigenvalue weighted by Crippen LogP contribution is 2.28. The molecule has 1 aliphatic heterocycles. The quantitative estimate of drug-likeness (QED) is 0.797. The normalized spacial score (nSPS) is 19.3. The molecule has 0 saturated carbocycles. The molecule has 1 fully saturated rings. The minimum atomic E-state index is 0.654. The van der Waals surface area contributed by atoms with Crippen molar-refractivity contribution in [3.05, 3.63) is 17.3 Å². The van der Waals surface area contributed by atoms with Gasteiger partial charge in [0.15, 0.2) is 5.65 Å². The van der Waals surface area contributed by atoms with Crippen LogP contribution >= 0.6 is 0 Å². The zero-order valence-corrected chi connectivity index (χ0v) is 12.2. The molecule has 3 heterocycles. The van der Waals surface area contributed by atoms with Gasteiger partial charge in [-0.2, -0.15) is 10.4 Å². The summed E-state index contributed by atoms with van der Waals surface area (Å²) in [5.74, 6) is 1.47. The highest BCUT2D eigenvalue weighted by molar-refractivity contribution is 5.82. The molecule has 20 heavy (non-hydrogen) atoms. The molecule has 0 aliphatic carbocycles. The van der Waals surface area contributed by atoms with E-state index in [4.69, 9.17) is 4.98 Å². The molecule has 0 radical (unpaired) electrons. The Morgan fingerprint density at radius 3 is 2.95 bits per heavy atom. The monoisotopic (exact) mass is 269 g/mol. The molecule has 0 aromatic carbocycles. The lowest BCUT2D eigenvalue weighted by Crippen LogP contribution is -2.35. The average molecular weight is 269 g/mol. The molecule has 0 bridgehead atoms. The van der Waals surface area contributed by atoms with Crippen LogP contribution in [0.1, 0.15) is 31.0 Å². The van der Waals surface area contributed by atoms with Gasteiger partial charge in [0.05, 0.1) is 11.3 Å². The van der Waals surface area contributed by atoms with E-state index in [0.717, 1.165) is 42.1 Å². The second-order valence-electron chi connectivity index (χ2n) is 5.74. The highest BCUT2D eigenvalue weighted by atomic mass is 15.3. The zero-order valence-electron chi connectivity index (χ0n) is 12.2. The van der Waals surface area contributed by atoms with E-state index in [1.165, 1.54) is 6.42 Å². The topological polar surface area (TPSA) is 57.7 Å². The van der Waals surface area contributed by atoms with Gasteiger partial charge in [-0.25, -0.2) is 4.98 Å². The van der Waals surface area contributed by atoms with E-state index in [-0.39, 0.29) is 0 Å². The number of pyridine rings is 1. The number of aromatic nitrogens is 3. The number of hydrogen-bond acceptors (Lipinski definition) is 4. The Labute approximate surface area is 118 Å². The number of nitriles is 1. The van der Waals surface area contributed by atoms with Crippen LogP contribution in [0.3, 0.4) is 0 Å². The molecule has 1 unspecified atom stereocenters. The van der Waals surface area contributed by atoms with Crippen LogP contribution in [0.2, 0.25) is 0 Å². The Kier molecular flexibility index (Phi) is 3.09. The number of anilines is 1. The number of nitrogens with zero attached hydrogens (tertiary/aromatic N) is 5. The van der Waals surface area contributed by atoms with Crippen molar-refractivity contribution in [3.63, 3.8) is 0 Å². The first kappa shape index (κ1) is 12.9. The Hall–Kier alpha value is -2.09. The van der Waals surface area contributed by atoms with E-state index in [2.05, 4.69) is 23.0 Å². The maximum Gasteiger partial charge on any atom is 0.160 e. The van der Waals surface area contributed by atoms with Gasteiger partial charge in [0, 0.05) is 25.5 Å². The molecular weight excluding hydrogens is 250 g/mol. The van der Waals surface area contributed by atoms with Gasteiger partial charge in [-0.1, -0.05) is 6.92 Å². The van der Waals surface area contributed by atoms with Gasteiger partial charge in [-0.3, -0.25) is 4.68 Å². The van der Waals surface area contributed by atoms with Gasteiger partial charge in [-0.05, 0) is 31.7 Å². The second-order valence-corrected chi connectivity index (χ2v) is 5.74. The van der Waals surface area contributed by atoms with Crippen molar-refractivity contribution in [2.24, 2.45) is 13.0 Å². The summed E-state index contributed by atoms with van der Waals surface area (Å²) >= 11 is 0. The Morgan fingerprint density at radius 1 is 1.45 bits per heavy atom. The van der Waals surface area contributed by atoms with Crippen LogP contribution < -0.4 is 4.90 Å². The second kappa shape index (κ2) is 4.78. The van der Waals surface area contributed by atoms with Crippen LogP contribution in [-0.4, -0.2) is 27.9 Å². The summed E-state index contributed by atoms with van der Waals surface area (Å²) < 4.78 is 1.79. The summed E-state index contributed by atoms with van der Waals surface area (Å²) in [4.78, 5) is 6.97. The molecule has 1 aliphatic rings. The van der Waals surface area contributed by atoms with Crippen LogP contribution in [0.5, 0.6) is 0 Å².